The minimum atomic E-state index is -0.196. The van der Waals surface area contributed by atoms with Crippen LogP contribution in [0.1, 0.15) is 12.8 Å². The van der Waals surface area contributed by atoms with Crippen LogP contribution in [0.4, 0.5) is 0 Å². The number of nitrogens with zero attached hydrogens (tertiary/aromatic N) is 2. The molecule has 16 heteroatoms. The number of rotatable bonds is 20. The molecule has 1 fully saturated rings. The van der Waals surface area contributed by atoms with Crippen molar-refractivity contribution < 1.29 is 47.5 Å². The summed E-state index contributed by atoms with van der Waals surface area (Å²) in [6.07, 6.45) is 1.69. The summed E-state index contributed by atoms with van der Waals surface area (Å²) in [6.45, 7) is 6.59. The first-order chi connectivity index (χ1) is 22.3. The molecule has 0 bridgehead atoms. The van der Waals surface area contributed by atoms with Crippen molar-refractivity contribution in [1.82, 2.24) is 20.4 Å². The number of piperazine rings is 1. The highest BCUT2D eigenvalue weighted by atomic mass is 35.5. The van der Waals surface area contributed by atoms with Crippen molar-refractivity contribution in [3.8, 4) is 46.0 Å². The van der Waals surface area contributed by atoms with Gasteiger partial charge in [0.15, 0.2) is 36.2 Å². The Balaban J connectivity index is 0.00000576. The van der Waals surface area contributed by atoms with Crippen LogP contribution in [0.2, 0.25) is 0 Å². The summed E-state index contributed by atoms with van der Waals surface area (Å²) in [5.74, 6) is 3.26. The topological polar surface area (TPSA) is 139 Å². The Kier molecular flexibility index (Phi) is 20.1. The van der Waals surface area contributed by atoms with Gasteiger partial charge < -0.3 is 58.3 Å². The summed E-state index contributed by atoms with van der Waals surface area (Å²) >= 11 is 0. The second kappa shape index (κ2) is 22.8. The second-order valence-electron chi connectivity index (χ2n) is 10.4. The molecule has 3 rings (SSSR count). The van der Waals surface area contributed by atoms with Crippen LogP contribution in [-0.2, 0) is 9.59 Å². The van der Waals surface area contributed by atoms with Crippen LogP contribution >= 0.6 is 24.8 Å². The predicted molar refractivity (Wildman–Crippen MR) is 186 cm³/mol. The van der Waals surface area contributed by atoms with Gasteiger partial charge in [0, 0.05) is 63.5 Å². The summed E-state index contributed by atoms with van der Waals surface area (Å²) in [7, 11) is 9.15. The van der Waals surface area contributed by atoms with Crippen molar-refractivity contribution in [3.63, 3.8) is 0 Å². The normalized spacial score (nSPS) is 12.8. The smallest absolute Gasteiger partial charge is 0.257 e. The van der Waals surface area contributed by atoms with Crippen LogP contribution in [0.25, 0.3) is 0 Å². The Morgan fingerprint density at radius 1 is 0.562 bits per heavy atom. The van der Waals surface area contributed by atoms with E-state index in [-0.39, 0.29) is 49.8 Å². The maximum absolute atomic E-state index is 12.3. The summed E-state index contributed by atoms with van der Waals surface area (Å²) in [6, 6.07) is 6.61. The van der Waals surface area contributed by atoms with Crippen LogP contribution in [0.15, 0.2) is 24.3 Å². The molecule has 48 heavy (non-hydrogen) atoms. The van der Waals surface area contributed by atoms with Crippen molar-refractivity contribution in [2.75, 3.05) is 108 Å². The van der Waals surface area contributed by atoms with Crippen LogP contribution in [-0.4, -0.2) is 130 Å². The molecule has 1 aliphatic rings. The molecule has 14 nitrogen and oxygen atoms in total. The van der Waals surface area contributed by atoms with Crippen LogP contribution in [0.3, 0.4) is 0 Å². The van der Waals surface area contributed by atoms with Gasteiger partial charge in [0.05, 0.1) is 42.7 Å². The van der Waals surface area contributed by atoms with Gasteiger partial charge in [-0.15, -0.1) is 24.8 Å². The minimum absolute atomic E-state index is 0. The fraction of sp³-hybridized carbons (Fsp3) is 0.562. The van der Waals surface area contributed by atoms with Crippen LogP contribution in [0, 0.1) is 0 Å². The Bertz CT molecular complexity index is 1120. The third-order valence-electron chi connectivity index (χ3n) is 7.43. The summed E-state index contributed by atoms with van der Waals surface area (Å²) < 4.78 is 43.2. The molecule has 1 saturated heterocycles. The van der Waals surface area contributed by atoms with Gasteiger partial charge in [-0.2, -0.15) is 0 Å². The number of carbonyl (C=O) groups is 2. The SMILES string of the molecule is COc1cc(OCC(=O)NCCCN2CCN(CCCNC(=O)COc3cc(OC)c(OC)c(OC)c3)CC2)cc(OC)c1OC.Cl.Cl. The number of amides is 2. The molecule has 2 aromatic rings. The molecule has 1 heterocycles. The summed E-state index contributed by atoms with van der Waals surface area (Å²) in [5, 5.41) is 5.82. The quantitative estimate of drug-likeness (QED) is 0.195. The number of halogens is 2. The standard InChI is InChI=1S/C32H48N4O10.2ClH/c1-39-25-17-23(18-26(40-2)31(25)43-5)45-21-29(37)33-9-7-11-35-13-15-36(16-14-35)12-8-10-34-30(38)22-46-24-19-27(41-3)32(44-6)28(20-24)42-4;;/h17-20H,7-16,21-22H2,1-6H3,(H,33,37)(H,34,38);2*1H. The molecule has 0 spiro atoms. The van der Waals surface area contributed by atoms with E-state index in [0.29, 0.717) is 59.1 Å². The Morgan fingerprint density at radius 2 is 0.875 bits per heavy atom. The van der Waals surface area contributed by atoms with E-state index in [9.17, 15) is 9.59 Å². The van der Waals surface area contributed by atoms with E-state index in [2.05, 4.69) is 20.4 Å². The van der Waals surface area contributed by atoms with E-state index in [1.54, 1.807) is 24.3 Å². The Labute approximate surface area is 295 Å². The van der Waals surface area contributed by atoms with E-state index >= 15 is 0 Å². The first kappa shape index (κ1) is 42.3. The van der Waals surface area contributed by atoms with Crippen molar-refractivity contribution in [2.24, 2.45) is 0 Å². The lowest BCUT2D eigenvalue weighted by Gasteiger charge is -2.34. The number of nitrogens with one attached hydrogen (secondary N) is 2. The zero-order valence-corrected chi connectivity index (χ0v) is 30.2. The lowest BCUT2D eigenvalue weighted by molar-refractivity contribution is -0.123. The van der Waals surface area contributed by atoms with Gasteiger partial charge in [0.1, 0.15) is 11.5 Å². The lowest BCUT2D eigenvalue weighted by Crippen LogP contribution is -2.47. The molecule has 0 aromatic heterocycles. The van der Waals surface area contributed by atoms with Gasteiger partial charge in [-0.3, -0.25) is 9.59 Å². The van der Waals surface area contributed by atoms with Gasteiger partial charge in [-0.1, -0.05) is 0 Å². The number of ether oxygens (including phenoxy) is 8. The maximum atomic E-state index is 12.3. The van der Waals surface area contributed by atoms with Gasteiger partial charge in [-0.25, -0.2) is 0 Å². The van der Waals surface area contributed by atoms with Crippen LogP contribution in [0.5, 0.6) is 46.0 Å². The molecule has 0 saturated carbocycles. The summed E-state index contributed by atoms with van der Waals surface area (Å²) in [4.78, 5) is 29.4. The lowest BCUT2D eigenvalue weighted by atomic mass is 10.2. The van der Waals surface area contributed by atoms with Crippen molar-refractivity contribution in [2.45, 2.75) is 12.8 Å². The highest BCUT2D eigenvalue weighted by Crippen LogP contribution is 2.41. The average Bonchev–Trinajstić information content (AvgIpc) is 3.09. The molecular formula is C32H50Cl2N4O10. The van der Waals surface area contributed by atoms with Crippen LogP contribution < -0.4 is 48.5 Å². The highest BCUT2D eigenvalue weighted by Gasteiger charge is 2.18. The van der Waals surface area contributed by atoms with E-state index in [4.69, 9.17) is 37.9 Å². The molecule has 2 aromatic carbocycles. The van der Waals surface area contributed by atoms with Crippen molar-refractivity contribution >= 4 is 36.6 Å². The molecule has 0 atom stereocenters. The zero-order chi connectivity index (χ0) is 33.3. The fourth-order valence-corrected chi connectivity index (χ4v) is 4.98. The van der Waals surface area contributed by atoms with E-state index in [0.717, 1.165) is 52.1 Å². The number of hydrogen-bond acceptors (Lipinski definition) is 12. The minimum Gasteiger partial charge on any atom is -0.493 e. The summed E-state index contributed by atoms with van der Waals surface area (Å²) in [5.41, 5.74) is 0. The molecule has 2 amide bonds. The van der Waals surface area contributed by atoms with Gasteiger partial charge in [0.2, 0.25) is 11.5 Å². The molecule has 0 unspecified atom stereocenters. The van der Waals surface area contributed by atoms with E-state index < -0.39 is 0 Å². The van der Waals surface area contributed by atoms with Gasteiger partial charge in [-0.05, 0) is 25.9 Å². The molecule has 272 valence electrons. The van der Waals surface area contributed by atoms with Crippen molar-refractivity contribution in [3.05, 3.63) is 24.3 Å². The largest absolute Gasteiger partial charge is 0.493 e. The monoisotopic (exact) mass is 720 g/mol. The average molecular weight is 722 g/mol. The second-order valence-corrected chi connectivity index (χ2v) is 10.4. The maximum Gasteiger partial charge on any atom is 0.257 e. The van der Waals surface area contributed by atoms with Crippen molar-refractivity contribution in [1.29, 1.82) is 0 Å². The predicted octanol–water partition coefficient (Wildman–Crippen LogP) is 2.67. The molecule has 2 N–H and O–H groups in total. The zero-order valence-electron chi connectivity index (χ0n) is 28.6. The molecular weight excluding hydrogens is 671 g/mol. The number of benzene rings is 2. The first-order valence-corrected chi connectivity index (χ1v) is 15.2. The van der Waals surface area contributed by atoms with E-state index in [1.807, 2.05) is 0 Å². The number of methoxy groups -OCH3 is 6. The highest BCUT2D eigenvalue weighted by molar-refractivity contribution is 5.85. The molecule has 1 aliphatic heterocycles. The third-order valence-corrected chi connectivity index (χ3v) is 7.43. The Hall–Kier alpha value is -3.72. The number of hydrogen-bond donors (Lipinski definition) is 2. The van der Waals surface area contributed by atoms with E-state index in [1.165, 1.54) is 42.7 Å². The van der Waals surface area contributed by atoms with Gasteiger partial charge in [0.25, 0.3) is 11.8 Å². The number of carbonyl (C=O) groups excluding carboxylic acids is 2. The molecule has 0 radical (unpaired) electrons. The molecule has 0 aliphatic carbocycles. The Morgan fingerprint density at radius 3 is 1.15 bits per heavy atom. The fourth-order valence-electron chi connectivity index (χ4n) is 4.98. The third kappa shape index (κ3) is 13.1. The first-order valence-electron chi connectivity index (χ1n) is 15.2. The van der Waals surface area contributed by atoms with Gasteiger partial charge >= 0.3 is 0 Å².